The third-order valence-electron chi connectivity index (χ3n) is 5.31. The Labute approximate surface area is 168 Å². The van der Waals surface area contributed by atoms with Crippen LogP contribution < -0.4 is 16.6 Å². The van der Waals surface area contributed by atoms with E-state index in [9.17, 15) is 9.18 Å². The molecule has 1 aromatic carbocycles. The molecule has 4 rings (SSSR count). The summed E-state index contributed by atoms with van der Waals surface area (Å²) < 4.78 is 16.1. The van der Waals surface area contributed by atoms with Crippen LogP contribution in [-0.4, -0.2) is 26.6 Å². The lowest BCUT2D eigenvalue weighted by molar-refractivity contribution is 0.409. The highest BCUT2D eigenvalue weighted by Crippen LogP contribution is 2.25. The molecule has 0 unspecified atom stereocenters. The van der Waals surface area contributed by atoms with Crippen molar-refractivity contribution in [3.8, 4) is 16.9 Å². The first-order valence-electron chi connectivity index (χ1n) is 9.84. The van der Waals surface area contributed by atoms with Gasteiger partial charge < -0.3 is 11.1 Å². The topological polar surface area (TPSA) is 85.8 Å². The largest absolute Gasteiger partial charge is 0.351 e. The summed E-state index contributed by atoms with van der Waals surface area (Å²) in [4.78, 5) is 20.7. The van der Waals surface area contributed by atoms with E-state index in [2.05, 4.69) is 15.3 Å². The Morgan fingerprint density at radius 3 is 2.76 bits per heavy atom. The summed E-state index contributed by atoms with van der Waals surface area (Å²) in [5, 5.41) is 3.30. The van der Waals surface area contributed by atoms with E-state index in [-0.39, 0.29) is 23.3 Å². The van der Waals surface area contributed by atoms with Gasteiger partial charge in [-0.2, -0.15) is 0 Å². The zero-order chi connectivity index (χ0) is 20.4. The van der Waals surface area contributed by atoms with Gasteiger partial charge >= 0.3 is 0 Å². The van der Waals surface area contributed by atoms with Gasteiger partial charge in [0.2, 0.25) is 5.95 Å². The lowest BCUT2D eigenvalue weighted by atomic mass is 9.92. The zero-order valence-corrected chi connectivity index (χ0v) is 16.3. The molecule has 0 atom stereocenters. The SMILES string of the molecule is Cc1ccc(=O)n(-c2cccc(-c3nc(NC4CCC(N)CC4)ncc3F)c2)c1. The molecule has 2 heterocycles. The number of hydrogen-bond donors (Lipinski definition) is 2. The van der Waals surface area contributed by atoms with Gasteiger partial charge in [-0.1, -0.05) is 18.2 Å². The van der Waals surface area contributed by atoms with Crippen LogP contribution in [0.3, 0.4) is 0 Å². The molecule has 2 aromatic heterocycles. The third-order valence-corrected chi connectivity index (χ3v) is 5.31. The van der Waals surface area contributed by atoms with E-state index in [1.165, 1.54) is 12.3 Å². The second kappa shape index (κ2) is 8.13. The highest BCUT2D eigenvalue weighted by atomic mass is 19.1. The molecule has 3 N–H and O–H groups in total. The minimum atomic E-state index is -0.505. The van der Waals surface area contributed by atoms with E-state index in [0.717, 1.165) is 31.2 Å². The molecule has 0 aliphatic heterocycles. The van der Waals surface area contributed by atoms with Crippen molar-refractivity contribution >= 4 is 5.95 Å². The average molecular weight is 393 g/mol. The van der Waals surface area contributed by atoms with Crippen LogP contribution in [0, 0.1) is 12.7 Å². The van der Waals surface area contributed by atoms with Gasteiger partial charge in [-0.3, -0.25) is 9.36 Å². The average Bonchev–Trinajstić information content (AvgIpc) is 2.73. The standard InChI is InChI=1S/C22H24FN5O/c1-14-5-10-20(29)28(13-14)18-4-2-3-15(11-18)21-19(23)12-25-22(27-21)26-17-8-6-16(24)7-9-17/h2-5,10-13,16-17H,6-9,24H2,1H3,(H,25,26,27). The number of aryl methyl sites for hydroxylation is 1. The van der Waals surface area contributed by atoms with Gasteiger partial charge in [0.1, 0.15) is 5.69 Å². The zero-order valence-electron chi connectivity index (χ0n) is 16.3. The van der Waals surface area contributed by atoms with Gasteiger partial charge in [-0.05, 0) is 50.3 Å². The first-order valence-corrected chi connectivity index (χ1v) is 9.84. The molecule has 0 bridgehead atoms. The predicted molar refractivity (Wildman–Crippen MR) is 112 cm³/mol. The number of rotatable bonds is 4. The number of pyridine rings is 1. The fourth-order valence-electron chi connectivity index (χ4n) is 3.68. The first-order chi connectivity index (χ1) is 14.0. The van der Waals surface area contributed by atoms with E-state index in [4.69, 9.17) is 5.73 Å². The molecule has 1 aliphatic carbocycles. The number of halogens is 1. The van der Waals surface area contributed by atoms with Crippen LogP contribution >= 0.6 is 0 Å². The van der Waals surface area contributed by atoms with Crippen LogP contribution in [0.25, 0.3) is 16.9 Å². The maximum atomic E-state index is 14.5. The summed E-state index contributed by atoms with van der Waals surface area (Å²) in [5.41, 5.74) is 8.23. The van der Waals surface area contributed by atoms with Crippen molar-refractivity contribution < 1.29 is 4.39 Å². The molecule has 3 aromatic rings. The van der Waals surface area contributed by atoms with Crippen molar-refractivity contribution in [2.45, 2.75) is 44.7 Å². The Morgan fingerprint density at radius 1 is 1.17 bits per heavy atom. The normalized spacial score (nSPS) is 19.1. The van der Waals surface area contributed by atoms with E-state index >= 15 is 0 Å². The quantitative estimate of drug-likeness (QED) is 0.709. The van der Waals surface area contributed by atoms with Gasteiger partial charge in [0.15, 0.2) is 5.82 Å². The van der Waals surface area contributed by atoms with E-state index in [1.54, 1.807) is 35.0 Å². The number of aromatic nitrogens is 3. The minimum absolute atomic E-state index is 0.145. The molecule has 7 heteroatoms. The van der Waals surface area contributed by atoms with E-state index in [1.807, 2.05) is 13.0 Å². The summed E-state index contributed by atoms with van der Waals surface area (Å²) >= 11 is 0. The van der Waals surface area contributed by atoms with Gasteiger partial charge in [0, 0.05) is 35.6 Å². The highest BCUT2D eigenvalue weighted by Gasteiger charge is 2.20. The molecule has 1 aliphatic rings. The number of nitrogens with two attached hydrogens (primary N) is 1. The number of nitrogens with one attached hydrogen (secondary N) is 1. The molecule has 0 saturated heterocycles. The Balaban J connectivity index is 1.64. The molecular formula is C22H24FN5O. The third kappa shape index (κ3) is 4.35. The first kappa shape index (κ1) is 19.3. The maximum Gasteiger partial charge on any atom is 0.255 e. The van der Waals surface area contributed by atoms with Crippen molar-refractivity contribution in [1.29, 1.82) is 0 Å². The Kier molecular flexibility index (Phi) is 5.40. The second-order valence-electron chi connectivity index (χ2n) is 7.61. The molecule has 150 valence electrons. The Bertz CT molecular complexity index is 1070. The number of nitrogens with zero attached hydrogens (tertiary/aromatic N) is 3. The van der Waals surface area contributed by atoms with Crippen molar-refractivity contribution in [1.82, 2.24) is 14.5 Å². The molecule has 0 radical (unpaired) electrons. The molecule has 1 fully saturated rings. The smallest absolute Gasteiger partial charge is 0.255 e. The Hall–Kier alpha value is -3.06. The van der Waals surface area contributed by atoms with E-state index in [0.29, 0.717) is 17.2 Å². The minimum Gasteiger partial charge on any atom is -0.351 e. The lowest BCUT2D eigenvalue weighted by Gasteiger charge is -2.26. The van der Waals surface area contributed by atoms with Gasteiger partial charge in [-0.25, -0.2) is 14.4 Å². The van der Waals surface area contributed by atoms with Crippen molar-refractivity contribution in [3.05, 3.63) is 70.5 Å². The molecule has 6 nitrogen and oxygen atoms in total. The van der Waals surface area contributed by atoms with Gasteiger partial charge in [-0.15, -0.1) is 0 Å². The summed E-state index contributed by atoms with van der Waals surface area (Å²) in [5.74, 6) is -0.102. The number of benzene rings is 1. The lowest BCUT2D eigenvalue weighted by Crippen LogP contribution is -2.33. The highest BCUT2D eigenvalue weighted by molar-refractivity contribution is 5.64. The van der Waals surface area contributed by atoms with Crippen molar-refractivity contribution in [2.75, 3.05) is 5.32 Å². The Morgan fingerprint density at radius 2 is 1.97 bits per heavy atom. The van der Waals surface area contributed by atoms with Crippen LogP contribution in [0.1, 0.15) is 31.2 Å². The van der Waals surface area contributed by atoms with Crippen LogP contribution in [0.5, 0.6) is 0 Å². The number of hydrogen-bond acceptors (Lipinski definition) is 5. The summed E-state index contributed by atoms with van der Waals surface area (Å²) in [6.07, 6.45) is 6.76. The predicted octanol–water partition coefficient (Wildman–Crippen LogP) is 3.42. The molecular weight excluding hydrogens is 369 g/mol. The summed E-state index contributed by atoms with van der Waals surface area (Å²) in [6, 6.07) is 10.9. The summed E-state index contributed by atoms with van der Waals surface area (Å²) in [7, 11) is 0. The fraction of sp³-hybridized carbons (Fsp3) is 0.318. The van der Waals surface area contributed by atoms with Crippen LogP contribution in [0.4, 0.5) is 10.3 Å². The van der Waals surface area contributed by atoms with Crippen LogP contribution in [0.15, 0.2) is 53.6 Å². The van der Waals surface area contributed by atoms with Gasteiger partial charge in [0.05, 0.1) is 6.20 Å². The van der Waals surface area contributed by atoms with Crippen LogP contribution in [-0.2, 0) is 0 Å². The summed E-state index contributed by atoms with van der Waals surface area (Å²) in [6.45, 7) is 1.92. The maximum absolute atomic E-state index is 14.5. The van der Waals surface area contributed by atoms with Crippen molar-refractivity contribution in [3.63, 3.8) is 0 Å². The molecule has 29 heavy (non-hydrogen) atoms. The molecule has 0 amide bonds. The van der Waals surface area contributed by atoms with Gasteiger partial charge in [0.25, 0.3) is 5.56 Å². The second-order valence-corrected chi connectivity index (χ2v) is 7.61. The monoisotopic (exact) mass is 393 g/mol. The van der Waals surface area contributed by atoms with Crippen molar-refractivity contribution in [2.24, 2.45) is 5.73 Å². The molecule has 1 saturated carbocycles. The fourth-order valence-corrected chi connectivity index (χ4v) is 3.68. The van der Waals surface area contributed by atoms with E-state index < -0.39 is 5.82 Å². The molecule has 0 spiro atoms. The van der Waals surface area contributed by atoms with Crippen LogP contribution in [0.2, 0.25) is 0 Å². The number of anilines is 1.